The first-order valence-electron chi connectivity index (χ1n) is 10.7. The Balaban J connectivity index is 1.67. The molecule has 0 radical (unpaired) electrons. The van der Waals surface area contributed by atoms with Crippen LogP contribution >= 0.6 is 23.4 Å². The third-order valence-corrected chi connectivity index (χ3v) is 6.97. The highest BCUT2D eigenvalue weighted by Crippen LogP contribution is 2.25. The van der Waals surface area contributed by atoms with Gasteiger partial charge in [-0.25, -0.2) is 8.78 Å². The third-order valence-electron chi connectivity index (χ3n) is 5.67. The predicted molar refractivity (Wildman–Crippen MR) is 124 cm³/mol. The minimum atomic E-state index is -0.689. The number of nitrogens with zero attached hydrogens (tertiary/aromatic N) is 1. The van der Waals surface area contributed by atoms with Crippen molar-refractivity contribution < 1.29 is 18.4 Å². The van der Waals surface area contributed by atoms with Crippen LogP contribution in [-0.2, 0) is 21.9 Å². The first-order valence-corrected chi connectivity index (χ1v) is 12.2. The number of amides is 2. The van der Waals surface area contributed by atoms with Gasteiger partial charge < -0.3 is 10.2 Å². The molecule has 1 aliphatic rings. The molecule has 4 nitrogen and oxygen atoms in total. The summed E-state index contributed by atoms with van der Waals surface area (Å²) in [7, 11) is 0. The van der Waals surface area contributed by atoms with Gasteiger partial charge in [-0.1, -0.05) is 42.6 Å². The summed E-state index contributed by atoms with van der Waals surface area (Å²) in [5, 5.41) is 3.36. The molecule has 1 saturated carbocycles. The first kappa shape index (κ1) is 24.5. The molecule has 0 heterocycles. The van der Waals surface area contributed by atoms with Gasteiger partial charge in [0.15, 0.2) is 0 Å². The van der Waals surface area contributed by atoms with Crippen LogP contribution in [-0.4, -0.2) is 34.6 Å². The zero-order chi connectivity index (χ0) is 23.1. The van der Waals surface area contributed by atoms with Gasteiger partial charge in [0.25, 0.3) is 0 Å². The monoisotopic (exact) mass is 480 g/mol. The summed E-state index contributed by atoms with van der Waals surface area (Å²) in [6.07, 6.45) is 4.08. The number of hydrogen-bond donors (Lipinski definition) is 1. The molecular formula is C24H27ClF2N2O2S. The molecule has 32 heavy (non-hydrogen) atoms. The van der Waals surface area contributed by atoms with E-state index in [2.05, 4.69) is 5.32 Å². The fourth-order valence-electron chi connectivity index (χ4n) is 3.75. The molecule has 1 fully saturated rings. The SMILES string of the molecule is CC(C(=O)NC1CCCC1)N(Cc1ccc(F)cc1)C(=O)CSCc1c(F)cccc1Cl. The number of thioether (sulfide) groups is 1. The lowest BCUT2D eigenvalue weighted by atomic mass is 10.1. The van der Waals surface area contributed by atoms with Crippen LogP contribution in [0.2, 0.25) is 5.02 Å². The van der Waals surface area contributed by atoms with Crippen LogP contribution in [0, 0.1) is 11.6 Å². The molecule has 0 spiro atoms. The molecular weight excluding hydrogens is 454 g/mol. The lowest BCUT2D eigenvalue weighted by Gasteiger charge is -2.29. The average Bonchev–Trinajstić information content (AvgIpc) is 3.27. The van der Waals surface area contributed by atoms with Gasteiger partial charge >= 0.3 is 0 Å². The number of nitrogens with one attached hydrogen (secondary N) is 1. The Hall–Kier alpha value is -2.12. The zero-order valence-corrected chi connectivity index (χ0v) is 19.5. The third kappa shape index (κ3) is 6.69. The summed E-state index contributed by atoms with van der Waals surface area (Å²) in [5.41, 5.74) is 1.08. The summed E-state index contributed by atoms with van der Waals surface area (Å²) < 4.78 is 27.3. The van der Waals surface area contributed by atoms with Crippen LogP contribution in [0.5, 0.6) is 0 Å². The molecule has 1 aliphatic carbocycles. The van der Waals surface area contributed by atoms with Crippen molar-refractivity contribution in [1.82, 2.24) is 10.2 Å². The summed E-state index contributed by atoms with van der Waals surface area (Å²) in [5.74, 6) is -0.923. The van der Waals surface area contributed by atoms with E-state index in [1.165, 1.54) is 40.9 Å². The van der Waals surface area contributed by atoms with E-state index in [1.54, 1.807) is 25.1 Å². The molecule has 1 unspecified atom stereocenters. The maximum atomic E-state index is 14.0. The summed E-state index contributed by atoms with van der Waals surface area (Å²) in [6, 6.07) is 9.79. The fraction of sp³-hybridized carbons (Fsp3) is 0.417. The van der Waals surface area contributed by atoms with E-state index in [0.29, 0.717) is 10.6 Å². The van der Waals surface area contributed by atoms with E-state index in [0.717, 1.165) is 31.2 Å². The van der Waals surface area contributed by atoms with Crippen LogP contribution in [0.15, 0.2) is 42.5 Å². The quantitative estimate of drug-likeness (QED) is 0.528. The maximum Gasteiger partial charge on any atom is 0.242 e. The minimum Gasteiger partial charge on any atom is -0.352 e. The second-order valence-electron chi connectivity index (χ2n) is 8.01. The molecule has 3 rings (SSSR count). The minimum absolute atomic E-state index is 0.0624. The van der Waals surface area contributed by atoms with Crippen molar-refractivity contribution in [2.75, 3.05) is 5.75 Å². The molecule has 2 amide bonds. The molecule has 2 aromatic rings. The van der Waals surface area contributed by atoms with Crippen molar-refractivity contribution in [2.24, 2.45) is 0 Å². The van der Waals surface area contributed by atoms with Gasteiger partial charge in [0.05, 0.1) is 5.75 Å². The lowest BCUT2D eigenvalue weighted by Crippen LogP contribution is -2.50. The Morgan fingerprint density at radius 2 is 1.84 bits per heavy atom. The second-order valence-corrected chi connectivity index (χ2v) is 9.40. The largest absolute Gasteiger partial charge is 0.352 e. The van der Waals surface area contributed by atoms with Gasteiger partial charge in [-0.05, 0) is 49.6 Å². The Morgan fingerprint density at radius 3 is 2.50 bits per heavy atom. The Labute approximate surface area is 196 Å². The van der Waals surface area contributed by atoms with Gasteiger partial charge in [0.2, 0.25) is 11.8 Å². The standard InChI is InChI=1S/C24H27ClF2N2O2S/c1-16(24(31)28-19-5-2-3-6-19)29(13-17-9-11-18(26)12-10-17)23(30)15-32-14-20-21(25)7-4-8-22(20)27/h4,7-12,16,19H,2-3,5-6,13-15H2,1H3,(H,28,31). The average molecular weight is 481 g/mol. The zero-order valence-electron chi connectivity index (χ0n) is 18.0. The van der Waals surface area contributed by atoms with E-state index in [1.807, 2.05) is 0 Å². The highest BCUT2D eigenvalue weighted by Gasteiger charge is 2.28. The fourth-order valence-corrected chi connectivity index (χ4v) is 5.00. The number of rotatable bonds is 9. The van der Waals surface area contributed by atoms with E-state index < -0.39 is 11.9 Å². The van der Waals surface area contributed by atoms with Gasteiger partial charge in [-0.3, -0.25) is 9.59 Å². The normalized spacial score (nSPS) is 14.9. The molecule has 8 heteroatoms. The molecule has 0 bridgehead atoms. The molecule has 2 aromatic carbocycles. The van der Waals surface area contributed by atoms with Gasteiger partial charge in [-0.2, -0.15) is 0 Å². The van der Waals surface area contributed by atoms with Crippen LogP contribution < -0.4 is 5.32 Å². The number of benzene rings is 2. The number of carbonyl (C=O) groups is 2. The molecule has 0 aliphatic heterocycles. The second kappa shape index (κ2) is 11.7. The van der Waals surface area contributed by atoms with Gasteiger partial charge in [0, 0.05) is 28.9 Å². The van der Waals surface area contributed by atoms with Crippen molar-refractivity contribution in [1.29, 1.82) is 0 Å². The predicted octanol–water partition coefficient (Wildman–Crippen LogP) is 5.33. The van der Waals surface area contributed by atoms with E-state index in [4.69, 9.17) is 11.6 Å². The number of carbonyl (C=O) groups excluding carboxylic acids is 2. The van der Waals surface area contributed by atoms with Crippen LogP contribution in [0.25, 0.3) is 0 Å². The molecule has 1 atom stereocenters. The summed E-state index contributed by atoms with van der Waals surface area (Å²) in [6.45, 7) is 1.88. The van der Waals surface area contributed by atoms with Crippen molar-refractivity contribution in [3.63, 3.8) is 0 Å². The Kier molecular flexibility index (Phi) is 8.93. The number of hydrogen-bond acceptors (Lipinski definition) is 3. The smallest absolute Gasteiger partial charge is 0.242 e. The van der Waals surface area contributed by atoms with Crippen LogP contribution in [0.1, 0.15) is 43.7 Å². The lowest BCUT2D eigenvalue weighted by molar-refractivity contribution is -0.138. The topological polar surface area (TPSA) is 49.4 Å². The van der Waals surface area contributed by atoms with Crippen molar-refractivity contribution >= 4 is 35.2 Å². The van der Waals surface area contributed by atoms with Crippen molar-refractivity contribution in [3.8, 4) is 0 Å². The number of halogens is 3. The molecule has 0 saturated heterocycles. The van der Waals surface area contributed by atoms with Crippen LogP contribution in [0.4, 0.5) is 8.78 Å². The Bertz CT molecular complexity index is 916. The van der Waals surface area contributed by atoms with Gasteiger partial charge in [0.1, 0.15) is 17.7 Å². The molecule has 0 aromatic heterocycles. The highest BCUT2D eigenvalue weighted by atomic mass is 35.5. The molecule has 1 N–H and O–H groups in total. The first-order chi connectivity index (χ1) is 15.3. The van der Waals surface area contributed by atoms with Gasteiger partial charge in [-0.15, -0.1) is 11.8 Å². The highest BCUT2D eigenvalue weighted by molar-refractivity contribution is 7.99. The van der Waals surface area contributed by atoms with E-state index >= 15 is 0 Å². The maximum absolute atomic E-state index is 14.0. The Morgan fingerprint density at radius 1 is 1.16 bits per heavy atom. The van der Waals surface area contributed by atoms with Crippen molar-refractivity contribution in [3.05, 3.63) is 70.2 Å². The summed E-state index contributed by atoms with van der Waals surface area (Å²) >= 11 is 7.31. The molecule has 172 valence electrons. The van der Waals surface area contributed by atoms with Crippen LogP contribution in [0.3, 0.4) is 0 Å². The van der Waals surface area contributed by atoms with Crippen molar-refractivity contribution in [2.45, 2.75) is 57.0 Å². The van der Waals surface area contributed by atoms with E-state index in [9.17, 15) is 18.4 Å². The summed E-state index contributed by atoms with van der Waals surface area (Å²) in [4.78, 5) is 27.4. The van der Waals surface area contributed by atoms with E-state index in [-0.39, 0.29) is 41.7 Å².